The van der Waals surface area contributed by atoms with Crippen molar-refractivity contribution >= 4 is 10.0 Å². The molecular weight excluding hydrogens is 238 g/mol. The van der Waals surface area contributed by atoms with Crippen molar-refractivity contribution in [2.75, 3.05) is 0 Å². The number of sulfonamides is 1. The van der Waals surface area contributed by atoms with Crippen LogP contribution < -0.4 is 5.14 Å². The summed E-state index contributed by atoms with van der Waals surface area (Å²) in [6, 6.07) is 9.35. The number of hydrogen-bond acceptors (Lipinski definition) is 3. The number of aromatic nitrogens is 2. The maximum absolute atomic E-state index is 11.6. The van der Waals surface area contributed by atoms with Crippen molar-refractivity contribution in [1.29, 1.82) is 0 Å². The highest BCUT2D eigenvalue weighted by molar-refractivity contribution is 7.89. The Morgan fingerprint density at radius 2 is 2.00 bits per heavy atom. The normalized spacial score (nSPS) is 13.5. The van der Waals surface area contributed by atoms with E-state index in [1.807, 2.05) is 30.3 Å². The molecule has 0 aliphatic carbocycles. The predicted octanol–water partition coefficient (Wildman–Crippen LogP) is 0.913. The second-order valence-corrected chi connectivity index (χ2v) is 5.47. The Morgan fingerprint density at radius 1 is 1.29 bits per heavy atom. The third-order valence-electron chi connectivity index (χ3n) is 2.49. The Morgan fingerprint density at radius 3 is 2.53 bits per heavy atom. The van der Waals surface area contributed by atoms with Crippen molar-refractivity contribution in [2.45, 2.75) is 11.8 Å². The second kappa shape index (κ2) is 4.68. The van der Waals surface area contributed by atoms with Gasteiger partial charge in [0.1, 0.15) is 0 Å². The molecule has 1 aromatic carbocycles. The number of primary sulfonamides is 1. The lowest BCUT2D eigenvalue weighted by atomic mass is 10.1. The van der Waals surface area contributed by atoms with Gasteiger partial charge < -0.3 is 4.57 Å². The van der Waals surface area contributed by atoms with Crippen LogP contribution in [0.5, 0.6) is 0 Å². The van der Waals surface area contributed by atoms with Gasteiger partial charge in [0.15, 0.2) is 5.37 Å². The minimum Gasteiger partial charge on any atom is -0.318 e. The summed E-state index contributed by atoms with van der Waals surface area (Å²) in [5, 5.41) is 4.43. The number of benzene rings is 1. The van der Waals surface area contributed by atoms with Crippen LogP contribution in [-0.4, -0.2) is 18.0 Å². The van der Waals surface area contributed by atoms with E-state index in [1.165, 1.54) is 17.1 Å². The molecule has 1 atom stereocenters. The van der Waals surface area contributed by atoms with Crippen molar-refractivity contribution in [3.8, 4) is 0 Å². The average molecular weight is 251 g/mol. The zero-order valence-electron chi connectivity index (χ0n) is 9.10. The fourth-order valence-electron chi connectivity index (χ4n) is 1.65. The van der Waals surface area contributed by atoms with Crippen molar-refractivity contribution in [2.24, 2.45) is 5.14 Å². The lowest BCUT2D eigenvalue weighted by Crippen LogP contribution is -2.27. The van der Waals surface area contributed by atoms with Crippen LogP contribution in [0.2, 0.25) is 0 Å². The molecule has 0 saturated heterocycles. The van der Waals surface area contributed by atoms with Gasteiger partial charge >= 0.3 is 0 Å². The third-order valence-corrected chi connectivity index (χ3v) is 3.66. The molecular formula is C11H13N3O2S. The van der Waals surface area contributed by atoms with Crippen LogP contribution in [-0.2, 0) is 16.4 Å². The van der Waals surface area contributed by atoms with Crippen LogP contribution in [0.1, 0.15) is 10.9 Å². The van der Waals surface area contributed by atoms with Gasteiger partial charge in [-0.25, -0.2) is 18.5 Å². The van der Waals surface area contributed by atoms with E-state index in [2.05, 4.69) is 4.98 Å². The monoisotopic (exact) mass is 251 g/mol. The molecule has 2 rings (SSSR count). The predicted molar refractivity (Wildman–Crippen MR) is 64.5 cm³/mol. The van der Waals surface area contributed by atoms with Crippen LogP contribution in [0.25, 0.3) is 0 Å². The minimum absolute atomic E-state index is 0.329. The largest absolute Gasteiger partial charge is 0.318 e. The summed E-state index contributed by atoms with van der Waals surface area (Å²) in [4.78, 5) is 3.84. The van der Waals surface area contributed by atoms with Crippen molar-refractivity contribution in [1.82, 2.24) is 9.55 Å². The average Bonchev–Trinajstić information content (AvgIpc) is 2.79. The number of nitrogens with zero attached hydrogens (tertiary/aromatic N) is 2. The quantitative estimate of drug-likeness (QED) is 0.877. The second-order valence-electron chi connectivity index (χ2n) is 3.74. The van der Waals surface area contributed by atoms with E-state index in [0.29, 0.717) is 6.42 Å². The molecule has 6 heteroatoms. The summed E-state index contributed by atoms with van der Waals surface area (Å²) in [7, 11) is -3.66. The van der Waals surface area contributed by atoms with E-state index in [9.17, 15) is 8.42 Å². The van der Waals surface area contributed by atoms with E-state index in [4.69, 9.17) is 5.14 Å². The molecule has 1 unspecified atom stereocenters. The molecule has 2 aromatic rings. The number of nitrogens with two attached hydrogens (primary N) is 1. The number of hydrogen-bond donors (Lipinski definition) is 1. The van der Waals surface area contributed by atoms with Crippen LogP contribution in [0.4, 0.5) is 0 Å². The Hall–Kier alpha value is -1.66. The summed E-state index contributed by atoms with van der Waals surface area (Å²) in [5.74, 6) is 0. The lowest BCUT2D eigenvalue weighted by Gasteiger charge is -2.16. The molecule has 0 spiro atoms. The number of rotatable bonds is 4. The van der Waals surface area contributed by atoms with E-state index < -0.39 is 15.4 Å². The van der Waals surface area contributed by atoms with Gasteiger partial charge in [0.25, 0.3) is 0 Å². The first kappa shape index (κ1) is 11.8. The standard InChI is InChI=1S/C11H13N3O2S/c12-17(15,16)11(14-7-6-13-9-14)8-10-4-2-1-3-5-10/h1-7,9,11H,8H2,(H2,12,15,16). The molecule has 0 radical (unpaired) electrons. The van der Waals surface area contributed by atoms with Crippen molar-refractivity contribution in [3.63, 3.8) is 0 Å². The zero-order chi connectivity index (χ0) is 12.3. The molecule has 2 N–H and O–H groups in total. The van der Waals surface area contributed by atoms with Crippen LogP contribution in [0.3, 0.4) is 0 Å². The zero-order valence-corrected chi connectivity index (χ0v) is 9.92. The van der Waals surface area contributed by atoms with Gasteiger partial charge in [-0.2, -0.15) is 0 Å². The molecule has 0 bridgehead atoms. The molecule has 0 saturated carbocycles. The Kier molecular flexibility index (Phi) is 3.26. The highest BCUT2D eigenvalue weighted by atomic mass is 32.2. The van der Waals surface area contributed by atoms with Crippen LogP contribution in [0, 0.1) is 0 Å². The molecule has 0 amide bonds. The summed E-state index contributed by atoms with van der Waals surface area (Å²) < 4.78 is 24.6. The Labute approximate surface area is 100.0 Å². The van der Waals surface area contributed by atoms with Gasteiger partial charge in [-0.1, -0.05) is 30.3 Å². The molecule has 5 nitrogen and oxygen atoms in total. The highest BCUT2D eigenvalue weighted by Crippen LogP contribution is 2.18. The third kappa shape index (κ3) is 2.92. The van der Waals surface area contributed by atoms with Crippen LogP contribution >= 0.6 is 0 Å². The van der Waals surface area contributed by atoms with Gasteiger partial charge in [-0.3, -0.25) is 0 Å². The van der Waals surface area contributed by atoms with E-state index in [-0.39, 0.29) is 0 Å². The summed E-state index contributed by atoms with van der Waals surface area (Å²) in [5.41, 5.74) is 0.917. The molecule has 0 aliphatic heterocycles. The highest BCUT2D eigenvalue weighted by Gasteiger charge is 2.23. The molecule has 0 aliphatic rings. The summed E-state index contributed by atoms with van der Waals surface area (Å²) in [6.07, 6.45) is 4.91. The molecule has 17 heavy (non-hydrogen) atoms. The minimum atomic E-state index is -3.66. The maximum Gasteiger partial charge on any atom is 0.231 e. The lowest BCUT2D eigenvalue weighted by molar-refractivity contribution is 0.545. The first-order valence-electron chi connectivity index (χ1n) is 5.10. The van der Waals surface area contributed by atoms with E-state index >= 15 is 0 Å². The fourth-order valence-corrected chi connectivity index (χ4v) is 2.54. The van der Waals surface area contributed by atoms with Gasteiger partial charge in [-0.05, 0) is 5.56 Å². The van der Waals surface area contributed by atoms with Crippen molar-refractivity contribution < 1.29 is 8.42 Å². The van der Waals surface area contributed by atoms with Gasteiger partial charge in [0, 0.05) is 18.8 Å². The maximum atomic E-state index is 11.6. The van der Waals surface area contributed by atoms with E-state index in [0.717, 1.165) is 5.56 Å². The molecule has 1 aromatic heterocycles. The van der Waals surface area contributed by atoms with Gasteiger partial charge in [-0.15, -0.1) is 0 Å². The topological polar surface area (TPSA) is 78.0 Å². The van der Waals surface area contributed by atoms with Gasteiger partial charge in [0.05, 0.1) is 6.33 Å². The first-order valence-corrected chi connectivity index (χ1v) is 6.71. The molecule has 90 valence electrons. The van der Waals surface area contributed by atoms with Crippen LogP contribution in [0.15, 0.2) is 49.1 Å². The summed E-state index contributed by atoms with van der Waals surface area (Å²) >= 11 is 0. The Balaban J connectivity index is 2.31. The van der Waals surface area contributed by atoms with Crippen molar-refractivity contribution in [3.05, 3.63) is 54.6 Å². The van der Waals surface area contributed by atoms with E-state index in [1.54, 1.807) is 6.20 Å². The van der Waals surface area contributed by atoms with Gasteiger partial charge in [0.2, 0.25) is 10.0 Å². The SMILES string of the molecule is NS(=O)(=O)C(Cc1ccccc1)n1ccnc1. The Bertz CT molecular complexity index is 564. The molecule has 0 fully saturated rings. The summed E-state index contributed by atoms with van der Waals surface area (Å²) in [6.45, 7) is 0. The molecule has 1 heterocycles. The first-order chi connectivity index (χ1) is 8.07. The number of imidazole rings is 1. The fraction of sp³-hybridized carbons (Fsp3) is 0.182. The smallest absolute Gasteiger partial charge is 0.231 e.